The van der Waals surface area contributed by atoms with Gasteiger partial charge in [-0.2, -0.15) is 0 Å². The van der Waals surface area contributed by atoms with Gasteiger partial charge in [-0.05, 0) is 60.5 Å². The summed E-state index contributed by atoms with van der Waals surface area (Å²) in [7, 11) is 1.67. The molecule has 1 aliphatic rings. The number of rotatable bonds is 2. The largest absolute Gasteiger partial charge is 0.497 e. The lowest BCUT2D eigenvalue weighted by Crippen LogP contribution is -2.35. The fourth-order valence-electron chi connectivity index (χ4n) is 3.41. The van der Waals surface area contributed by atoms with Crippen LogP contribution < -0.4 is 9.64 Å². The highest BCUT2D eigenvalue weighted by atomic mass is 32.1. The molecular weight excluding hydrogens is 318 g/mol. The minimum absolute atomic E-state index is 0.111. The first-order chi connectivity index (χ1) is 11.7. The molecule has 0 saturated carbocycles. The zero-order valence-electron chi connectivity index (χ0n) is 13.8. The number of carbonyl (C=O) groups excluding carboxylic acids is 1. The first-order valence-electron chi connectivity index (χ1n) is 8.16. The van der Waals surface area contributed by atoms with Gasteiger partial charge in [-0.15, -0.1) is 11.3 Å². The zero-order valence-corrected chi connectivity index (χ0v) is 14.7. The summed E-state index contributed by atoms with van der Waals surface area (Å²) in [5.74, 6) is 0.959. The Morgan fingerprint density at radius 3 is 2.83 bits per heavy atom. The average molecular weight is 337 g/mol. The SMILES string of the molecule is COc1ccc2c(c1)CCCN2C(=O)c1sc2ccccc2c1C. The van der Waals surface area contributed by atoms with Gasteiger partial charge in [0.2, 0.25) is 0 Å². The van der Waals surface area contributed by atoms with E-state index in [1.54, 1.807) is 18.4 Å². The van der Waals surface area contributed by atoms with E-state index in [2.05, 4.69) is 12.1 Å². The molecular formula is C20H19NO2S. The molecule has 0 fully saturated rings. The molecule has 4 heteroatoms. The summed E-state index contributed by atoms with van der Waals surface area (Å²) < 4.78 is 6.49. The van der Waals surface area contributed by atoms with Crippen LogP contribution >= 0.6 is 11.3 Å². The average Bonchev–Trinajstić information content (AvgIpc) is 2.97. The Morgan fingerprint density at radius 2 is 2.04 bits per heavy atom. The van der Waals surface area contributed by atoms with Crippen LogP contribution in [0.2, 0.25) is 0 Å². The number of hydrogen-bond acceptors (Lipinski definition) is 3. The van der Waals surface area contributed by atoms with Crippen molar-refractivity contribution >= 4 is 33.0 Å². The molecule has 0 saturated heterocycles. The molecule has 24 heavy (non-hydrogen) atoms. The van der Waals surface area contributed by atoms with Crippen LogP contribution in [0.5, 0.6) is 5.75 Å². The van der Waals surface area contributed by atoms with E-state index in [0.717, 1.165) is 41.3 Å². The molecule has 0 spiro atoms. The number of hydrogen-bond donors (Lipinski definition) is 0. The first-order valence-corrected chi connectivity index (χ1v) is 8.97. The van der Waals surface area contributed by atoms with Crippen LogP contribution in [0, 0.1) is 6.92 Å². The number of methoxy groups -OCH3 is 1. The van der Waals surface area contributed by atoms with E-state index in [0.29, 0.717) is 0 Å². The van der Waals surface area contributed by atoms with E-state index in [9.17, 15) is 4.79 Å². The van der Waals surface area contributed by atoms with Crippen molar-refractivity contribution < 1.29 is 9.53 Å². The Balaban J connectivity index is 1.76. The van der Waals surface area contributed by atoms with E-state index >= 15 is 0 Å². The quantitative estimate of drug-likeness (QED) is 0.671. The Hall–Kier alpha value is -2.33. The molecule has 1 aromatic heterocycles. The predicted molar refractivity (Wildman–Crippen MR) is 99.6 cm³/mol. The number of carbonyl (C=O) groups is 1. The Morgan fingerprint density at radius 1 is 1.21 bits per heavy atom. The number of anilines is 1. The highest BCUT2D eigenvalue weighted by molar-refractivity contribution is 7.21. The second kappa shape index (κ2) is 5.95. The molecule has 0 atom stereocenters. The fourth-order valence-corrected chi connectivity index (χ4v) is 4.57. The Labute approximate surface area is 145 Å². The molecule has 4 rings (SSSR count). The van der Waals surface area contributed by atoms with Gasteiger partial charge >= 0.3 is 0 Å². The molecule has 1 amide bonds. The van der Waals surface area contributed by atoms with Gasteiger partial charge in [0.15, 0.2) is 0 Å². The van der Waals surface area contributed by atoms with Crippen LogP contribution in [0.3, 0.4) is 0 Å². The molecule has 0 bridgehead atoms. The first kappa shape index (κ1) is 15.2. The van der Waals surface area contributed by atoms with Gasteiger partial charge in [0.1, 0.15) is 5.75 Å². The maximum absolute atomic E-state index is 13.2. The van der Waals surface area contributed by atoms with Crippen molar-refractivity contribution in [2.75, 3.05) is 18.6 Å². The van der Waals surface area contributed by atoms with Crippen molar-refractivity contribution in [1.82, 2.24) is 0 Å². The summed E-state index contributed by atoms with van der Waals surface area (Å²) in [6, 6.07) is 14.2. The lowest BCUT2D eigenvalue weighted by atomic mass is 10.0. The maximum Gasteiger partial charge on any atom is 0.268 e. The second-order valence-electron chi connectivity index (χ2n) is 6.11. The summed E-state index contributed by atoms with van der Waals surface area (Å²) in [6.07, 6.45) is 1.97. The summed E-state index contributed by atoms with van der Waals surface area (Å²) in [5, 5.41) is 1.18. The molecule has 3 nitrogen and oxygen atoms in total. The molecule has 2 aromatic carbocycles. The summed E-state index contributed by atoms with van der Waals surface area (Å²) in [4.78, 5) is 16.0. The second-order valence-corrected chi connectivity index (χ2v) is 7.16. The van der Waals surface area contributed by atoms with Crippen molar-refractivity contribution in [2.45, 2.75) is 19.8 Å². The minimum Gasteiger partial charge on any atom is -0.497 e. The highest BCUT2D eigenvalue weighted by Gasteiger charge is 2.26. The van der Waals surface area contributed by atoms with E-state index in [-0.39, 0.29) is 5.91 Å². The van der Waals surface area contributed by atoms with Gasteiger partial charge in [-0.3, -0.25) is 4.79 Å². The molecule has 0 unspecified atom stereocenters. The third kappa shape index (κ3) is 2.38. The van der Waals surface area contributed by atoms with Crippen molar-refractivity contribution in [1.29, 1.82) is 0 Å². The van der Waals surface area contributed by atoms with Crippen LogP contribution in [-0.4, -0.2) is 19.6 Å². The summed E-state index contributed by atoms with van der Waals surface area (Å²) >= 11 is 1.59. The van der Waals surface area contributed by atoms with Gasteiger partial charge in [0, 0.05) is 16.9 Å². The van der Waals surface area contributed by atoms with Crippen molar-refractivity contribution in [3.05, 3.63) is 58.5 Å². The van der Waals surface area contributed by atoms with Crippen molar-refractivity contribution in [3.8, 4) is 5.75 Å². The summed E-state index contributed by atoms with van der Waals surface area (Å²) in [5.41, 5.74) is 3.29. The number of thiophene rings is 1. The molecule has 3 aromatic rings. The molecule has 0 aliphatic carbocycles. The normalized spacial score (nSPS) is 13.8. The lowest BCUT2D eigenvalue weighted by Gasteiger charge is -2.29. The standard InChI is InChI=1S/C20H19NO2S/c1-13-16-7-3-4-8-18(16)24-19(13)20(22)21-11-5-6-14-12-15(23-2)9-10-17(14)21/h3-4,7-10,12H,5-6,11H2,1-2H3. The molecule has 2 heterocycles. The van der Waals surface area contributed by atoms with Gasteiger partial charge < -0.3 is 9.64 Å². The highest BCUT2D eigenvalue weighted by Crippen LogP contribution is 2.35. The monoisotopic (exact) mass is 337 g/mol. The lowest BCUT2D eigenvalue weighted by molar-refractivity contribution is 0.0988. The van der Waals surface area contributed by atoms with Gasteiger partial charge in [0.25, 0.3) is 5.91 Å². The van der Waals surface area contributed by atoms with Crippen LogP contribution in [0.25, 0.3) is 10.1 Å². The maximum atomic E-state index is 13.2. The van der Waals surface area contributed by atoms with Crippen LogP contribution in [0.1, 0.15) is 27.2 Å². The van der Waals surface area contributed by atoms with E-state index < -0.39 is 0 Å². The molecule has 1 aliphatic heterocycles. The van der Waals surface area contributed by atoms with Gasteiger partial charge in [0.05, 0.1) is 12.0 Å². The number of fused-ring (bicyclic) bond motifs is 2. The minimum atomic E-state index is 0.111. The van der Waals surface area contributed by atoms with Crippen LogP contribution in [-0.2, 0) is 6.42 Å². The third-order valence-electron chi connectivity index (χ3n) is 4.69. The predicted octanol–water partition coefficient (Wildman–Crippen LogP) is 4.81. The van der Waals surface area contributed by atoms with Crippen LogP contribution in [0.15, 0.2) is 42.5 Å². The fraction of sp³-hybridized carbons (Fsp3) is 0.250. The van der Waals surface area contributed by atoms with Gasteiger partial charge in [-0.1, -0.05) is 18.2 Å². The van der Waals surface area contributed by atoms with Crippen molar-refractivity contribution in [2.24, 2.45) is 0 Å². The molecule has 0 radical (unpaired) electrons. The summed E-state index contributed by atoms with van der Waals surface area (Å²) in [6.45, 7) is 2.82. The van der Waals surface area contributed by atoms with E-state index in [4.69, 9.17) is 4.74 Å². The number of aryl methyl sites for hydroxylation is 2. The molecule has 122 valence electrons. The van der Waals surface area contributed by atoms with Gasteiger partial charge in [-0.25, -0.2) is 0 Å². The van der Waals surface area contributed by atoms with Crippen LogP contribution in [0.4, 0.5) is 5.69 Å². The topological polar surface area (TPSA) is 29.5 Å². The number of ether oxygens (including phenoxy) is 1. The number of amides is 1. The zero-order chi connectivity index (χ0) is 16.7. The van der Waals surface area contributed by atoms with E-state index in [1.165, 1.54) is 15.6 Å². The van der Waals surface area contributed by atoms with E-state index in [1.807, 2.05) is 42.2 Å². The Kier molecular flexibility index (Phi) is 3.77. The smallest absolute Gasteiger partial charge is 0.268 e. The van der Waals surface area contributed by atoms with Crippen molar-refractivity contribution in [3.63, 3.8) is 0 Å². The number of nitrogens with zero attached hydrogens (tertiary/aromatic N) is 1. The third-order valence-corrected chi connectivity index (χ3v) is 5.95. The molecule has 0 N–H and O–H groups in total. The number of benzene rings is 2. The Bertz CT molecular complexity index is 929.